The maximum absolute atomic E-state index is 9.61. The van der Waals surface area contributed by atoms with Crippen molar-refractivity contribution < 1.29 is 5.11 Å². The molecule has 3 rings (SSSR count). The van der Waals surface area contributed by atoms with Crippen LogP contribution in [0.2, 0.25) is 0 Å². The maximum atomic E-state index is 9.61. The van der Waals surface area contributed by atoms with Gasteiger partial charge in [0.25, 0.3) is 0 Å². The highest BCUT2D eigenvalue weighted by Gasteiger charge is 2.20. The van der Waals surface area contributed by atoms with E-state index in [9.17, 15) is 5.11 Å². The molecule has 1 atom stereocenters. The van der Waals surface area contributed by atoms with Crippen molar-refractivity contribution in [1.82, 2.24) is 15.5 Å². The number of rotatable bonds is 6. The molecule has 3 N–H and O–H groups in total. The zero-order chi connectivity index (χ0) is 18.9. The first-order chi connectivity index (χ1) is 13.2. The highest BCUT2D eigenvalue weighted by molar-refractivity contribution is 5.80. The Morgan fingerprint density at radius 2 is 1.96 bits per heavy atom. The summed E-state index contributed by atoms with van der Waals surface area (Å²) in [6, 6.07) is 18.3. The molecule has 0 radical (unpaired) electrons. The molecule has 1 unspecified atom stereocenters. The molecule has 0 aliphatic carbocycles. The number of phenols is 1. The first-order valence-corrected chi connectivity index (χ1v) is 9.82. The fraction of sp³-hybridized carbons (Fsp3) is 0.409. The highest BCUT2D eigenvalue weighted by atomic mass is 16.3. The van der Waals surface area contributed by atoms with Crippen LogP contribution in [-0.2, 0) is 13.1 Å². The van der Waals surface area contributed by atoms with Crippen LogP contribution in [-0.4, -0.2) is 41.6 Å². The van der Waals surface area contributed by atoms with Gasteiger partial charge in [0.2, 0.25) is 0 Å². The smallest absolute Gasteiger partial charge is 0.191 e. The minimum absolute atomic E-state index is 0.282. The van der Waals surface area contributed by atoms with Gasteiger partial charge in [-0.2, -0.15) is 0 Å². The number of hydrogen-bond donors (Lipinski definition) is 3. The molecule has 1 aliphatic heterocycles. The van der Waals surface area contributed by atoms with E-state index in [0.29, 0.717) is 12.6 Å². The van der Waals surface area contributed by atoms with Crippen LogP contribution in [0.3, 0.4) is 0 Å². The second-order valence-electron chi connectivity index (χ2n) is 7.07. The van der Waals surface area contributed by atoms with Gasteiger partial charge in [0, 0.05) is 25.7 Å². The van der Waals surface area contributed by atoms with Crippen molar-refractivity contribution in [1.29, 1.82) is 0 Å². The lowest BCUT2D eigenvalue weighted by atomic mass is 10.0. The summed E-state index contributed by atoms with van der Waals surface area (Å²) in [7, 11) is 0. The molecule has 0 saturated carbocycles. The van der Waals surface area contributed by atoms with Crippen molar-refractivity contribution in [2.45, 2.75) is 38.9 Å². The maximum Gasteiger partial charge on any atom is 0.191 e. The Bertz CT molecular complexity index is 732. The van der Waals surface area contributed by atoms with Crippen molar-refractivity contribution in [3.05, 3.63) is 65.7 Å². The Labute approximate surface area is 162 Å². The number of hydrogen-bond acceptors (Lipinski definition) is 3. The summed E-state index contributed by atoms with van der Waals surface area (Å²) >= 11 is 0. The van der Waals surface area contributed by atoms with Crippen LogP contribution in [0.4, 0.5) is 0 Å². The Balaban J connectivity index is 1.57. The molecular formula is C22H30N4O. The molecule has 2 aromatic rings. The fourth-order valence-corrected chi connectivity index (χ4v) is 3.50. The van der Waals surface area contributed by atoms with E-state index in [1.807, 2.05) is 12.1 Å². The third kappa shape index (κ3) is 6.29. The van der Waals surface area contributed by atoms with Crippen molar-refractivity contribution in [3.63, 3.8) is 0 Å². The molecule has 0 bridgehead atoms. The van der Waals surface area contributed by atoms with Gasteiger partial charge in [0.1, 0.15) is 5.75 Å². The number of nitrogens with one attached hydrogen (secondary N) is 2. The highest BCUT2D eigenvalue weighted by Crippen LogP contribution is 2.14. The third-order valence-corrected chi connectivity index (χ3v) is 4.77. The number of aromatic hydroxyl groups is 1. The number of piperidine rings is 1. The van der Waals surface area contributed by atoms with Crippen molar-refractivity contribution in [3.8, 4) is 5.75 Å². The summed E-state index contributed by atoms with van der Waals surface area (Å²) < 4.78 is 0. The summed E-state index contributed by atoms with van der Waals surface area (Å²) in [5, 5.41) is 16.5. The van der Waals surface area contributed by atoms with E-state index in [1.54, 1.807) is 12.1 Å². The van der Waals surface area contributed by atoms with Gasteiger partial charge in [-0.1, -0.05) is 42.5 Å². The molecule has 1 saturated heterocycles. The van der Waals surface area contributed by atoms with Crippen molar-refractivity contribution in [2.24, 2.45) is 4.99 Å². The normalized spacial score (nSPS) is 18.3. The molecule has 27 heavy (non-hydrogen) atoms. The summed E-state index contributed by atoms with van der Waals surface area (Å²) in [6.07, 6.45) is 2.35. The molecule has 5 nitrogen and oxygen atoms in total. The summed E-state index contributed by atoms with van der Waals surface area (Å²) in [5.74, 6) is 1.12. The van der Waals surface area contributed by atoms with Crippen LogP contribution in [0, 0.1) is 0 Å². The Hall–Kier alpha value is -2.53. The predicted molar refractivity (Wildman–Crippen MR) is 111 cm³/mol. The van der Waals surface area contributed by atoms with Crippen LogP contribution in [0.1, 0.15) is 30.9 Å². The lowest BCUT2D eigenvalue weighted by Gasteiger charge is -2.34. The molecule has 0 amide bonds. The first-order valence-electron chi connectivity index (χ1n) is 9.82. The van der Waals surface area contributed by atoms with Gasteiger partial charge in [-0.25, -0.2) is 4.99 Å². The van der Waals surface area contributed by atoms with Crippen LogP contribution in [0.15, 0.2) is 59.6 Å². The molecule has 1 heterocycles. The molecule has 0 aromatic heterocycles. The zero-order valence-electron chi connectivity index (χ0n) is 16.1. The number of phenolic OH excluding ortho intramolecular Hbond substituents is 1. The van der Waals surface area contributed by atoms with Gasteiger partial charge in [-0.3, -0.25) is 4.90 Å². The largest absolute Gasteiger partial charge is 0.508 e. The quantitative estimate of drug-likeness (QED) is 0.543. The van der Waals surface area contributed by atoms with Crippen LogP contribution >= 0.6 is 0 Å². The van der Waals surface area contributed by atoms with Gasteiger partial charge in [-0.05, 0) is 49.6 Å². The van der Waals surface area contributed by atoms with Crippen LogP contribution < -0.4 is 10.6 Å². The van der Waals surface area contributed by atoms with E-state index in [1.165, 1.54) is 12.0 Å². The minimum Gasteiger partial charge on any atom is -0.508 e. The lowest BCUT2D eigenvalue weighted by molar-refractivity contribution is 0.192. The van der Waals surface area contributed by atoms with E-state index in [0.717, 1.165) is 44.1 Å². The van der Waals surface area contributed by atoms with Gasteiger partial charge in [0.05, 0.1) is 6.54 Å². The van der Waals surface area contributed by atoms with Gasteiger partial charge in [0.15, 0.2) is 5.96 Å². The number of guanidine groups is 1. The summed E-state index contributed by atoms with van der Waals surface area (Å²) in [6.45, 7) is 6.61. The lowest BCUT2D eigenvalue weighted by Crippen LogP contribution is -2.50. The number of nitrogens with zero attached hydrogens (tertiary/aromatic N) is 2. The first kappa shape index (κ1) is 19.2. The van der Waals surface area contributed by atoms with Gasteiger partial charge < -0.3 is 15.7 Å². The van der Waals surface area contributed by atoms with E-state index >= 15 is 0 Å². The summed E-state index contributed by atoms with van der Waals surface area (Å²) in [4.78, 5) is 7.20. The molecule has 144 valence electrons. The molecule has 1 fully saturated rings. The Kier molecular flexibility index (Phi) is 7.11. The van der Waals surface area contributed by atoms with Gasteiger partial charge >= 0.3 is 0 Å². The monoisotopic (exact) mass is 366 g/mol. The topological polar surface area (TPSA) is 59.9 Å². The molecule has 2 aromatic carbocycles. The van der Waals surface area contributed by atoms with Crippen LogP contribution in [0.5, 0.6) is 5.75 Å². The standard InChI is InChI=1S/C22H30N4O/c1-2-23-22(24-15-19-10-6-12-21(27)14-19)25-20-11-7-13-26(17-20)16-18-8-4-3-5-9-18/h3-6,8-10,12,14,20,27H,2,7,11,13,15-17H2,1H3,(H2,23,24,25). The predicted octanol–water partition coefficient (Wildman–Crippen LogP) is 3.11. The second kappa shape index (κ2) is 9.97. The van der Waals surface area contributed by atoms with E-state index < -0.39 is 0 Å². The zero-order valence-corrected chi connectivity index (χ0v) is 16.1. The Morgan fingerprint density at radius 3 is 2.74 bits per heavy atom. The van der Waals surface area contributed by atoms with Crippen molar-refractivity contribution in [2.75, 3.05) is 19.6 Å². The van der Waals surface area contributed by atoms with E-state index in [-0.39, 0.29) is 5.75 Å². The Morgan fingerprint density at radius 1 is 1.15 bits per heavy atom. The third-order valence-electron chi connectivity index (χ3n) is 4.77. The average molecular weight is 367 g/mol. The number of benzene rings is 2. The number of likely N-dealkylation sites (tertiary alicyclic amines) is 1. The van der Waals surface area contributed by atoms with E-state index in [4.69, 9.17) is 4.99 Å². The van der Waals surface area contributed by atoms with Crippen LogP contribution in [0.25, 0.3) is 0 Å². The molecule has 1 aliphatic rings. The van der Waals surface area contributed by atoms with Crippen molar-refractivity contribution >= 4 is 5.96 Å². The SMILES string of the molecule is CCNC(=NCc1cccc(O)c1)NC1CCCN(Cc2ccccc2)C1. The molecule has 0 spiro atoms. The molecular weight excluding hydrogens is 336 g/mol. The second-order valence-corrected chi connectivity index (χ2v) is 7.07. The fourth-order valence-electron chi connectivity index (χ4n) is 3.50. The summed E-state index contributed by atoms with van der Waals surface area (Å²) in [5.41, 5.74) is 2.36. The van der Waals surface area contributed by atoms with E-state index in [2.05, 4.69) is 52.8 Å². The van der Waals surface area contributed by atoms with Gasteiger partial charge in [-0.15, -0.1) is 0 Å². The number of aliphatic imine (C=N–C) groups is 1. The average Bonchev–Trinajstić information content (AvgIpc) is 2.67. The minimum atomic E-state index is 0.282. The molecule has 5 heteroatoms.